The number of benzene rings is 2. The van der Waals surface area contributed by atoms with Crippen molar-refractivity contribution in [2.45, 2.75) is 162 Å². The number of aliphatic carboxylic acids is 2. The SMILES string of the molecule is CO[C@@H]1C(C(=O)[O-])O[C@@H](O[C@H]2C(COS(=O)(=O)[O-])O[C@@H](O[C@H]3C(C(=O)[O-])O[C@@H](O[C@H]4C(COS(=O)(=O)[O-])O[C@H](C)[C@@H](NOS(=O)[O-])C4O)C(OS(=O)(=O)[O-])[C@@H]3O)[C@@H](NC(=O)CCCCCC(=O)c3ccc(C(=O)c4ccccc4)cc3)C2O)C(OS(=O)(=O)[O-])[C@@H]1O. The summed E-state index contributed by atoms with van der Waals surface area (Å²) in [6, 6.07) is 9.67. The maximum Gasteiger partial charge on any atom is 0.220 e. The van der Waals surface area contributed by atoms with Gasteiger partial charge in [-0.25, -0.2) is 42.2 Å². The number of carboxylic acid groups (broad SMARTS) is 2. The standard InChI is InChI=1S/C46H62N2O38S5/c1-19-27(48-86-87(60)61)30(52)34(24(77-19)17-75-88(62,63)64)79-46-39(85-91(71,72)73)33(55)37(41(83-46)43(58)59)81-44-28(47-26(50)12-8-4-7-11-23(49)20-13-15-22(16-14-20)29(51)21-9-5-3-6-10-21)31(53)35(25(78-44)18-76-89(65,66)67)80-45-38(84-90(68,69)70)32(54)36(74-2)40(82-45)42(56)57/h3,5-6,9-10,13-16,19,24-25,27-28,30-41,44-46,48,52-55H,4,7-8,11-12,17-18H2,1-2H3,(H,47,50)(H,56,57)(H,58,59)(H,60,61)(H,62,63,64)(H,65,66,67)(H,68,69,70)(H,71,72,73)/p-7/t19-,24?,25?,27-,28+,30?,31?,32-,33-,34+,35+,36+,37-,38?,39?,40?,41?,44+,45-,46-/m1/s1. The lowest BCUT2D eigenvalue weighted by molar-refractivity contribution is -0.384. The number of hydrogen-bond acceptors (Lipinski definition) is 39. The van der Waals surface area contributed by atoms with Gasteiger partial charge in [0, 0.05) is 36.6 Å². The Hall–Kier alpha value is -4.78. The first-order chi connectivity index (χ1) is 42.4. The van der Waals surface area contributed by atoms with E-state index in [4.69, 9.17) is 37.9 Å². The van der Waals surface area contributed by atoms with Gasteiger partial charge in [-0.1, -0.05) is 61.0 Å². The summed E-state index contributed by atoms with van der Waals surface area (Å²) >= 11 is -3.40. The summed E-state index contributed by atoms with van der Waals surface area (Å²) in [5, 5.41) is 73.9. The summed E-state index contributed by atoms with van der Waals surface area (Å²) in [7, 11) is -23.1. The van der Waals surface area contributed by atoms with Crippen molar-refractivity contribution in [1.29, 1.82) is 0 Å². The number of methoxy groups -OCH3 is 1. The number of hydrogen-bond donors (Lipinski definition) is 6. The maximum absolute atomic E-state index is 13.9. The highest BCUT2D eigenvalue weighted by atomic mass is 32.3. The van der Waals surface area contributed by atoms with E-state index in [0.29, 0.717) is 5.56 Å². The van der Waals surface area contributed by atoms with Gasteiger partial charge in [-0.15, -0.1) is 0 Å². The number of hydroxylamine groups is 1. The van der Waals surface area contributed by atoms with Crippen molar-refractivity contribution in [2.24, 2.45) is 0 Å². The maximum atomic E-state index is 13.9. The van der Waals surface area contributed by atoms with E-state index in [-0.39, 0.29) is 42.6 Å². The molecule has 0 aromatic heterocycles. The molecular formula is C46H55N2O38S5-7. The Morgan fingerprint density at radius 1 is 0.549 bits per heavy atom. The molecule has 91 heavy (non-hydrogen) atoms. The number of amides is 1. The minimum atomic E-state index is -6.24. The molecule has 4 aliphatic heterocycles. The van der Waals surface area contributed by atoms with Crippen LogP contribution in [0.15, 0.2) is 54.6 Å². The Balaban J connectivity index is 1.33. The largest absolute Gasteiger partial charge is 0.748 e. The molecule has 45 heteroatoms. The number of rotatable bonds is 32. The van der Waals surface area contributed by atoms with E-state index >= 15 is 0 Å². The van der Waals surface area contributed by atoms with Crippen LogP contribution in [0.5, 0.6) is 0 Å². The average molecular weight is 1400 g/mol. The van der Waals surface area contributed by atoms with Gasteiger partial charge in [-0.3, -0.25) is 31.1 Å². The molecule has 21 atom stereocenters. The third-order valence-corrected chi connectivity index (χ3v) is 15.9. The van der Waals surface area contributed by atoms with Crippen LogP contribution in [0.3, 0.4) is 0 Å². The van der Waals surface area contributed by atoms with Crippen molar-refractivity contribution >= 4 is 82.4 Å². The van der Waals surface area contributed by atoms with Crippen LogP contribution in [0, 0.1) is 0 Å². The molecule has 4 heterocycles. The minimum absolute atomic E-state index is 0.0718. The summed E-state index contributed by atoms with van der Waals surface area (Å²) in [6.45, 7) is -2.07. The Kier molecular flexibility index (Phi) is 26.5. The molecule has 0 spiro atoms. The zero-order chi connectivity index (χ0) is 67.7. The molecule has 0 saturated carbocycles. The predicted molar refractivity (Wildman–Crippen MR) is 273 cm³/mol. The third kappa shape index (κ3) is 21.4. The third-order valence-electron chi connectivity index (χ3n) is 13.9. The van der Waals surface area contributed by atoms with Crippen LogP contribution < -0.4 is 21.0 Å². The number of aliphatic hydroxyl groups is 4. The second-order valence-corrected chi connectivity index (χ2v) is 24.7. The Morgan fingerprint density at radius 3 is 1.48 bits per heavy atom. The summed E-state index contributed by atoms with van der Waals surface area (Å²) in [6.07, 6.45) is -47.4. The lowest BCUT2D eigenvalue weighted by Crippen LogP contribution is -2.71. The zero-order valence-electron chi connectivity index (χ0n) is 46.4. The molecule has 4 aliphatic rings. The van der Waals surface area contributed by atoms with Crippen LogP contribution in [-0.2, 0) is 126 Å². The summed E-state index contributed by atoms with van der Waals surface area (Å²) < 4.78 is 230. The molecule has 40 nitrogen and oxygen atoms in total. The summed E-state index contributed by atoms with van der Waals surface area (Å²) in [4.78, 5) is 65.1. The van der Waals surface area contributed by atoms with Crippen molar-refractivity contribution < 1.29 is 174 Å². The van der Waals surface area contributed by atoms with Crippen LogP contribution in [0.2, 0.25) is 0 Å². The fraction of sp³-hybridized carbons (Fsp3) is 0.630. The highest BCUT2D eigenvalue weighted by molar-refractivity contribution is 7.81. The summed E-state index contributed by atoms with van der Waals surface area (Å²) in [5.74, 6) is -6.66. The summed E-state index contributed by atoms with van der Waals surface area (Å²) in [5.41, 5.74) is 2.71. The van der Waals surface area contributed by atoms with E-state index in [1.54, 1.807) is 30.3 Å². The lowest BCUT2D eigenvalue weighted by atomic mass is 9.93. The number of aliphatic hydroxyl groups excluding tert-OH is 4. The van der Waals surface area contributed by atoms with E-state index in [1.807, 2.05) is 5.48 Å². The smallest absolute Gasteiger partial charge is 0.220 e. The fourth-order valence-corrected chi connectivity index (χ4v) is 11.6. The van der Waals surface area contributed by atoms with Crippen molar-refractivity contribution in [3.8, 4) is 0 Å². The molecule has 6 N–H and O–H groups in total. The quantitative estimate of drug-likeness (QED) is 0.00989. The number of carboxylic acids is 2. The Bertz CT molecular complexity index is 3330. The molecule has 0 bridgehead atoms. The highest BCUT2D eigenvalue weighted by Gasteiger charge is 2.58. The number of carbonyl (C=O) groups is 5. The van der Waals surface area contributed by atoms with Gasteiger partial charge in [0.1, 0.15) is 90.7 Å². The van der Waals surface area contributed by atoms with E-state index < -0.39 is 219 Å². The number of unbranched alkanes of at least 4 members (excludes halogenated alkanes) is 2. The molecule has 0 radical (unpaired) electrons. The number of ketones is 2. The first kappa shape index (κ1) is 75.3. The molecule has 4 saturated heterocycles. The van der Waals surface area contributed by atoms with Crippen LogP contribution in [0.4, 0.5) is 0 Å². The van der Waals surface area contributed by atoms with Crippen LogP contribution in [-0.4, -0.2) is 253 Å². The van der Waals surface area contributed by atoms with Gasteiger partial charge in [0.25, 0.3) is 0 Å². The topological polar surface area (TPSA) is 625 Å². The molecule has 9 unspecified atom stereocenters. The van der Waals surface area contributed by atoms with Gasteiger partial charge < -0.3 is 106 Å². The van der Waals surface area contributed by atoms with Crippen molar-refractivity contribution in [2.75, 3.05) is 20.3 Å². The van der Waals surface area contributed by atoms with Crippen LogP contribution >= 0.6 is 0 Å². The van der Waals surface area contributed by atoms with E-state index in [1.165, 1.54) is 24.3 Å². The van der Waals surface area contributed by atoms with Crippen LogP contribution in [0.1, 0.15) is 65.3 Å². The van der Waals surface area contributed by atoms with Crippen LogP contribution in [0.25, 0.3) is 0 Å². The second-order valence-electron chi connectivity index (χ2n) is 20.0. The first-order valence-electron chi connectivity index (χ1n) is 26.1. The minimum Gasteiger partial charge on any atom is -0.748 e. The van der Waals surface area contributed by atoms with E-state index in [9.17, 15) is 115 Å². The molecule has 4 fully saturated rings. The Morgan fingerprint density at radius 2 is 1.00 bits per heavy atom. The number of ether oxygens (including phenoxy) is 8. The van der Waals surface area contributed by atoms with E-state index in [2.05, 4.69) is 26.3 Å². The molecule has 514 valence electrons. The molecular weight excluding hydrogens is 1350 g/mol. The number of Topliss-reactive ketones (excluding diaryl/α,β-unsaturated/α-hetero) is 1. The highest BCUT2D eigenvalue weighted by Crippen LogP contribution is 2.37. The lowest BCUT2D eigenvalue weighted by Gasteiger charge is -2.51. The van der Waals surface area contributed by atoms with Crippen molar-refractivity contribution in [1.82, 2.24) is 10.8 Å². The number of nitrogens with one attached hydrogen (secondary N) is 2. The first-order valence-corrected chi connectivity index (χ1v) is 32.5. The van der Waals surface area contributed by atoms with Gasteiger partial charge in [-0.05, 0) is 19.8 Å². The molecule has 2 aromatic rings. The zero-order valence-corrected chi connectivity index (χ0v) is 50.5. The van der Waals surface area contributed by atoms with Gasteiger partial charge in [0.2, 0.25) is 47.5 Å². The second kappa shape index (κ2) is 32.1. The average Bonchev–Trinajstić information content (AvgIpc) is 0.806. The molecule has 6 rings (SSSR count). The van der Waals surface area contributed by atoms with Gasteiger partial charge in [0.15, 0.2) is 42.6 Å². The van der Waals surface area contributed by atoms with Gasteiger partial charge in [-0.2, -0.15) is 5.48 Å². The van der Waals surface area contributed by atoms with Crippen molar-refractivity contribution in [3.63, 3.8) is 0 Å². The van der Waals surface area contributed by atoms with Crippen molar-refractivity contribution in [3.05, 3.63) is 71.3 Å². The Labute approximate surface area is 518 Å². The van der Waals surface area contributed by atoms with Gasteiger partial charge >= 0.3 is 0 Å². The predicted octanol–water partition coefficient (Wildman–Crippen LogP) is -9.06. The fourth-order valence-electron chi connectivity index (χ4n) is 9.82. The monoisotopic (exact) mass is 1400 g/mol. The molecule has 0 aliphatic carbocycles. The number of carbonyl (C=O) groups excluding carboxylic acids is 5. The normalized spacial score (nSPS) is 32.9. The molecule has 1 amide bonds. The van der Waals surface area contributed by atoms with E-state index in [0.717, 1.165) is 14.0 Å². The molecule has 2 aromatic carbocycles. The van der Waals surface area contributed by atoms with Gasteiger partial charge in [0.05, 0.1) is 37.3 Å².